The summed E-state index contributed by atoms with van der Waals surface area (Å²) >= 11 is 0. The Morgan fingerprint density at radius 1 is 1.10 bits per heavy atom. The summed E-state index contributed by atoms with van der Waals surface area (Å²) in [5, 5.41) is 13.4. The summed E-state index contributed by atoms with van der Waals surface area (Å²) in [6, 6.07) is 16.2. The molecule has 2 rings (SSSR count). The molecule has 0 aliphatic heterocycles. The second-order valence-corrected chi connectivity index (χ2v) is 5.14. The molecule has 2 unspecified atom stereocenters. The van der Waals surface area contributed by atoms with Gasteiger partial charge in [0.05, 0.1) is 19.3 Å². The van der Waals surface area contributed by atoms with Crippen LogP contribution in [-0.2, 0) is 0 Å². The lowest BCUT2D eigenvalue weighted by Gasteiger charge is -2.22. The molecule has 3 nitrogen and oxygen atoms in total. The number of methoxy groups -OCH3 is 1. The Kier molecular flexibility index (Phi) is 5.23. The maximum atomic E-state index is 9.87. The number of ether oxygens (including phenoxy) is 1. The molecule has 2 aromatic carbocycles. The zero-order valence-electron chi connectivity index (χ0n) is 12.8. The van der Waals surface area contributed by atoms with E-state index in [0.29, 0.717) is 0 Å². The van der Waals surface area contributed by atoms with Crippen molar-refractivity contribution in [3.8, 4) is 5.75 Å². The molecule has 0 amide bonds. The van der Waals surface area contributed by atoms with E-state index >= 15 is 0 Å². The Bertz CT molecular complexity index is 564. The van der Waals surface area contributed by atoms with E-state index in [1.54, 1.807) is 14.0 Å². The molecule has 0 spiro atoms. The van der Waals surface area contributed by atoms with Crippen molar-refractivity contribution >= 4 is 5.69 Å². The van der Waals surface area contributed by atoms with Crippen molar-refractivity contribution in [2.75, 3.05) is 12.4 Å². The zero-order valence-corrected chi connectivity index (χ0v) is 12.8. The molecule has 0 aromatic heterocycles. The molecule has 21 heavy (non-hydrogen) atoms. The van der Waals surface area contributed by atoms with Gasteiger partial charge in [0.25, 0.3) is 0 Å². The van der Waals surface area contributed by atoms with Crippen molar-refractivity contribution in [1.29, 1.82) is 0 Å². The number of anilines is 1. The van der Waals surface area contributed by atoms with Crippen molar-refractivity contribution in [1.82, 2.24) is 0 Å². The van der Waals surface area contributed by atoms with Crippen LogP contribution < -0.4 is 10.1 Å². The molecule has 0 saturated carbocycles. The molecule has 2 N–H and O–H groups in total. The number of hydrogen-bond acceptors (Lipinski definition) is 3. The average Bonchev–Trinajstić information content (AvgIpc) is 2.53. The summed E-state index contributed by atoms with van der Waals surface area (Å²) in [5.41, 5.74) is 3.11. The van der Waals surface area contributed by atoms with Crippen LogP contribution in [0.1, 0.15) is 43.5 Å². The molecule has 0 aliphatic rings. The van der Waals surface area contributed by atoms with Crippen molar-refractivity contribution in [2.45, 2.75) is 32.4 Å². The maximum absolute atomic E-state index is 9.87. The first-order chi connectivity index (χ1) is 10.2. The number of para-hydroxylation sites is 1. The first-order valence-corrected chi connectivity index (χ1v) is 7.33. The van der Waals surface area contributed by atoms with Crippen LogP contribution in [0.2, 0.25) is 0 Å². The average molecular weight is 285 g/mol. The van der Waals surface area contributed by atoms with Crippen molar-refractivity contribution in [3.05, 3.63) is 59.7 Å². The fourth-order valence-electron chi connectivity index (χ4n) is 2.44. The largest absolute Gasteiger partial charge is 0.497 e. The van der Waals surface area contributed by atoms with E-state index in [9.17, 15) is 5.11 Å². The molecule has 3 heteroatoms. The Morgan fingerprint density at radius 3 is 2.33 bits per heavy atom. The fraction of sp³-hybridized carbons (Fsp3) is 0.333. The van der Waals surface area contributed by atoms with Crippen LogP contribution >= 0.6 is 0 Å². The van der Waals surface area contributed by atoms with Crippen molar-refractivity contribution in [3.63, 3.8) is 0 Å². The molecule has 2 aromatic rings. The smallest absolute Gasteiger partial charge is 0.118 e. The van der Waals surface area contributed by atoms with E-state index < -0.39 is 6.10 Å². The van der Waals surface area contributed by atoms with E-state index in [1.165, 1.54) is 5.56 Å². The lowest BCUT2D eigenvalue weighted by Crippen LogP contribution is -2.11. The highest BCUT2D eigenvalue weighted by Crippen LogP contribution is 2.29. The number of aliphatic hydroxyl groups excluding tert-OH is 1. The molecule has 0 bridgehead atoms. The summed E-state index contributed by atoms with van der Waals surface area (Å²) in [7, 11) is 1.67. The van der Waals surface area contributed by atoms with Gasteiger partial charge in [0, 0.05) is 11.3 Å². The first kappa shape index (κ1) is 15.4. The monoisotopic (exact) mass is 285 g/mol. The van der Waals surface area contributed by atoms with Gasteiger partial charge in [-0.3, -0.25) is 0 Å². The SMILES string of the molecule is CCC(Nc1ccccc1C(C)O)c1ccc(OC)cc1. The van der Waals surface area contributed by atoms with Crippen LogP contribution in [0, 0.1) is 0 Å². The number of hydrogen-bond donors (Lipinski definition) is 2. The van der Waals surface area contributed by atoms with E-state index in [2.05, 4.69) is 24.4 Å². The number of benzene rings is 2. The van der Waals surface area contributed by atoms with E-state index in [1.807, 2.05) is 36.4 Å². The molecule has 0 fully saturated rings. The summed E-state index contributed by atoms with van der Waals surface area (Å²) in [6.07, 6.45) is 0.475. The molecule has 112 valence electrons. The van der Waals surface area contributed by atoms with Gasteiger partial charge in [-0.1, -0.05) is 37.3 Å². The van der Waals surface area contributed by atoms with Crippen molar-refractivity contribution < 1.29 is 9.84 Å². The summed E-state index contributed by atoms with van der Waals surface area (Å²) in [4.78, 5) is 0. The van der Waals surface area contributed by atoms with Gasteiger partial charge in [-0.05, 0) is 37.1 Å². The zero-order chi connectivity index (χ0) is 15.2. The summed E-state index contributed by atoms with van der Waals surface area (Å²) in [6.45, 7) is 3.93. The Hall–Kier alpha value is -2.00. The Morgan fingerprint density at radius 2 is 1.76 bits per heavy atom. The van der Waals surface area contributed by atoms with Gasteiger partial charge in [-0.25, -0.2) is 0 Å². The van der Waals surface area contributed by atoms with Gasteiger partial charge < -0.3 is 15.2 Å². The molecule has 0 radical (unpaired) electrons. The van der Waals surface area contributed by atoms with Crippen LogP contribution in [0.25, 0.3) is 0 Å². The predicted molar refractivity (Wildman–Crippen MR) is 86.7 cm³/mol. The minimum atomic E-state index is -0.484. The lowest BCUT2D eigenvalue weighted by atomic mass is 10.0. The minimum Gasteiger partial charge on any atom is -0.497 e. The third-order valence-electron chi connectivity index (χ3n) is 3.67. The molecular formula is C18H23NO2. The second kappa shape index (κ2) is 7.14. The highest BCUT2D eigenvalue weighted by molar-refractivity contribution is 5.53. The number of aliphatic hydroxyl groups is 1. The minimum absolute atomic E-state index is 0.204. The van der Waals surface area contributed by atoms with Gasteiger partial charge in [-0.15, -0.1) is 0 Å². The van der Waals surface area contributed by atoms with E-state index in [4.69, 9.17) is 4.74 Å². The van der Waals surface area contributed by atoms with Crippen LogP contribution in [0.3, 0.4) is 0 Å². The van der Waals surface area contributed by atoms with Gasteiger partial charge in [-0.2, -0.15) is 0 Å². The van der Waals surface area contributed by atoms with Crippen LogP contribution in [-0.4, -0.2) is 12.2 Å². The summed E-state index contributed by atoms with van der Waals surface area (Å²) in [5.74, 6) is 0.859. The quantitative estimate of drug-likeness (QED) is 0.831. The van der Waals surface area contributed by atoms with E-state index in [-0.39, 0.29) is 6.04 Å². The Balaban J connectivity index is 2.22. The van der Waals surface area contributed by atoms with Crippen molar-refractivity contribution in [2.24, 2.45) is 0 Å². The van der Waals surface area contributed by atoms with Gasteiger partial charge >= 0.3 is 0 Å². The van der Waals surface area contributed by atoms with Gasteiger partial charge in [0.1, 0.15) is 5.75 Å². The number of rotatable bonds is 6. The van der Waals surface area contributed by atoms with E-state index in [0.717, 1.165) is 23.4 Å². The maximum Gasteiger partial charge on any atom is 0.118 e. The molecule has 2 atom stereocenters. The second-order valence-electron chi connectivity index (χ2n) is 5.14. The van der Waals surface area contributed by atoms with Crippen LogP contribution in [0.15, 0.2) is 48.5 Å². The molecule has 0 heterocycles. The molecule has 0 aliphatic carbocycles. The predicted octanol–water partition coefficient (Wildman–Crippen LogP) is 4.31. The third kappa shape index (κ3) is 3.76. The Labute approximate surface area is 126 Å². The standard InChI is InChI=1S/C18H23NO2/c1-4-17(14-9-11-15(21-3)12-10-14)19-18-8-6-5-7-16(18)13(2)20/h5-13,17,19-20H,4H2,1-3H3. The topological polar surface area (TPSA) is 41.5 Å². The lowest BCUT2D eigenvalue weighted by molar-refractivity contribution is 0.200. The highest BCUT2D eigenvalue weighted by Gasteiger charge is 2.13. The van der Waals surface area contributed by atoms with Crippen LogP contribution in [0.4, 0.5) is 5.69 Å². The number of nitrogens with one attached hydrogen (secondary N) is 1. The first-order valence-electron chi connectivity index (χ1n) is 7.33. The molecular weight excluding hydrogens is 262 g/mol. The third-order valence-corrected chi connectivity index (χ3v) is 3.67. The normalized spacial score (nSPS) is 13.5. The van der Waals surface area contributed by atoms with Gasteiger partial charge in [0.2, 0.25) is 0 Å². The highest BCUT2D eigenvalue weighted by atomic mass is 16.5. The van der Waals surface area contributed by atoms with Crippen LogP contribution in [0.5, 0.6) is 5.75 Å². The van der Waals surface area contributed by atoms with Gasteiger partial charge in [0.15, 0.2) is 0 Å². The summed E-state index contributed by atoms with van der Waals surface area (Å²) < 4.78 is 5.20. The molecule has 0 saturated heterocycles. The fourth-order valence-corrected chi connectivity index (χ4v) is 2.44.